The predicted octanol–water partition coefficient (Wildman–Crippen LogP) is -0.756. The highest BCUT2D eigenvalue weighted by Crippen LogP contribution is 2.10. The smallest absolute Gasteiger partial charge is 0.184 e. The normalized spacial score (nSPS) is 12.5. The van der Waals surface area contributed by atoms with Crippen molar-refractivity contribution in [1.29, 1.82) is 0 Å². The molecule has 0 radical (unpaired) electrons. The van der Waals surface area contributed by atoms with E-state index in [1.165, 1.54) is 0 Å². The summed E-state index contributed by atoms with van der Waals surface area (Å²) in [4.78, 5) is 10.1. The summed E-state index contributed by atoms with van der Waals surface area (Å²) in [5, 5.41) is 12.5. The van der Waals surface area contributed by atoms with Crippen LogP contribution < -0.4 is 16.3 Å². The molecule has 3 N–H and O–H groups in total. The summed E-state index contributed by atoms with van der Waals surface area (Å²) >= 11 is 14.9. The molecule has 0 rings (SSSR count). The number of nitrogens with zero attached hydrogens (tertiary/aromatic N) is 1. The number of carbonyl (C=O) groups is 1. The molecule has 0 aromatic carbocycles. The molecule has 72 valence electrons. The van der Waals surface area contributed by atoms with Crippen molar-refractivity contribution in [2.24, 2.45) is 10.8 Å². The van der Waals surface area contributed by atoms with E-state index in [4.69, 9.17) is 28.9 Å². The summed E-state index contributed by atoms with van der Waals surface area (Å²) in [7, 11) is 0. The van der Waals surface area contributed by atoms with Crippen LogP contribution in [0.15, 0.2) is 15.2 Å². The van der Waals surface area contributed by atoms with E-state index < -0.39 is 11.0 Å². The van der Waals surface area contributed by atoms with Crippen LogP contribution in [-0.4, -0.2) is 17.3 Å². The van der Waals surface area contributed by atoms with Gasteiger partial charge in [-0.15, -0.1) is 0 Å². The topological polar surface area (TPSA) is 90.5 Å². The Balaban J connectivity index is 4.36. The van der Waals surface area contributed by atoms with Crippen molar-refractivity contribution in [2.45, 2.75) is 0 Å². The van der Waals surface area contributed by atoms with E-state index in [9.17, 15) is 9.90 Å². The first-order chi connectivity index (χ1) is 5.95. The number of aliphatic carboxylic acids is 1. The molecule has 8 heteroatoms. The summed E-state index contributed by atoms with van der Waals surface area (Å²) in [6, 6.07) is 0. The average Bonchev–Trinajstić information content (AvgIpc) is 2.02. The molecule has 0 aromatic rings. The number of rotatable bonds is 3. The number of nitrogens with one attached hydrogen (secondary N) is 1. The van der Waals surface area contributed by atoms with Gasteiger partial charge in [0.2, 0.25) is 0 Å². The molecule has 0 heterocycles. The maximum atomic E-state index is 10.1. The maximum absolute atomic E-state index is 10.1. The maximum Gasteiger partial charge on any atom is 0.184 e. The van der Waals surface area contributed by atoms with E-state index in [1.54, 1.807) is 0 Å². The molecule has 0 aliphatic rings. The SMILES string of the molecule is NC(=S)NN=CC(Cl)=C(Cl)C(=O)[O-]. The molecule has 5 nitrogen and oxygen atoms in total. The summed E-state index contributed by atoms with van der Waals surface area (Å²) in [6.07, 6.45) is 0.943. The largest absolute Gasteiger partial charge is 0.544 e. The first-order valence-corrected chi connectivity index (χ1v) is 3.96. The van der Waals surface area contributed by atoms with Gasteiger partial charge in [-0.05, 0) is 12.2 Å². The fraction of sp³-hybridized carbons (Fsp3) is 0. The second-order valence-electron chi connectivity index (χ2n) is 1.68. The summed E-state index contributed by atoms with van der Waals surface area (Å²) < 4.78 is 0. The van der Waals surface area contributed by atoms with Gasteiger partial charge < -0.3 is 15.6 Å². The van der Waals surface area contributed by atoms with Gasteiger partial charge in [0.1, 0.15) is 0 Å². The Morgan fingerprint density at radius 3 is 2.54 bits per heavy atom. The molecular formula is C5H4Cl2N3O2S-. The molecule has 0 aliphatic carbocycles. The Bertz CT molecular complexity index is 290. The van der Waals surface area contributed by atoms with E-state index in [1.807, 2.05) is 0 Å². The Kier molecular flexibility index (Phi) is 5.36. The molecule has 0 fully saturated rings. The van der Waals surface area contributed by atoms with Crippen LogP contribution in [-0.2, 0) is 4.79 Å². The lowest BCUT2D eigenvalue weighted by atomic mass is 10.5. The number of hydrazone groups is 1. The number of carboxylic acids is 1. The predicted molar refractivity (Wildman–Crippen MR) is 52.2 cm³/mol. The average molecular weight is 241 g/mol. The minimum absolute atomic E-state index is 0.0784. The molecule has 0 unspecified atom stereocenters. The van der Waals surface area contributed by atoms with Crippen molar-refractivity contribution in [1.82, 2.24) is 5.43 Å². The lowest BCUT2D eigenvalue weighted by molar-refractivity contribution is -0.298. The first kappa shape index (κ1) is 12.2. The standard InChI is InChI=1S/C5H5Cl2N3O2S/c6-2(3(7)4(11)12)1-9-10-5(8)13/h1H,(H,11,12)(H3,8,10,13)/p-1. The van der Waals surface area contributed by atoms with E-state index >= 15 is 0 Å². The van der Waals surface area contributed by atoms with Crippen LogP contribution in [0.2, 0.25) is 0 Å². The van der Waals surface area contributed by atoms with Crippen LogP contribution in [0, 0.1) is 0 Å². The molecule has 0 amide bonds. The van der Waals surface area contributed by atoms with Gasteiger partial charge in [-0.25, -0.2) is 0 Å². The third-order valence-corrected chi connectivity index (χ3v) is 1.57. The molecule has 13 heavy (non-hydrogen) atoms. The van der Waals surface area contributed by atoms with E-state index in [0.717, 1.165) is 6.21 Å². The minimum Gasteiger partial charge on any atom is -0.544 e. The summed E-state index contributed by atoms with van der Waals surface area (Å²) in [5.74, 6) is -1.59. The van der Waals surface area contributed by atoms with E-state index in [0.29, 0.717) is 0 Å². The van der Waals surface area contributed by atoms with Crippen molar-refractivity contribution in [2.75, 3.05) is 0 Å². The Labute approximate surface area is 89.2 Å². The van der Waals surface area contributed by atoms with Gasteiger partial charge in [-0.1, -0.05) is 23.2 Å². The van der Waals surface area contributed by atoms with Gasteiger partial charge in [0.25, 0.3) is 0 Å². The van der Waals surface area contributed by atoms with Crippen LogP contribution in [0.25, 0.3) is 0 Å². The number of halogens is 2. The molecule has 0 aromatic heterocycles. The summed E-state index contributed by atoms with van der Waals surface area (Å²) in [6.45, 7) is 0. The number of hydrogen-bond acceptors (Lipinski definition) is 4. The molecular weight excluding hydrogens is 237 g/mol. The van der Waals surface area contributed by atoms with Crippen LogP contribution in [0.4, 0.5) is 0 Å². The van der Waals surface area contributed by atoms with Crippen molar-refractivity contribution >= 4 is 52.7 Å². The monoisotopic (exact) mass is 240 g/mol. The van der Waals surface area contributed by atoms with Crippen LogP contribution in [0.5, 0.6) is 0 Å². The number of nitrogens with two attached hydrogens (primary N) is 1. The molecule has 0 atom stereocenters. The Morgan fingerprint density at radius 1 is 1.62 bits per heavy atom. The lowest BCUT2D eigenvalue weighted by Gasteiger charge is -1.99. The Hall–Kier alpha value is -0.850. The van der Waals surface area contributed by atoms with Crippen LogP contribution >= 0.6 is 35.4 Å². The van der Waals surface area contributed by atoms with Gasteiger partial charge >= 0.3 is 0 Å². The second kappa shape index (κ2) is 5.74. The fourth-order valence-electron chi connectivity index (χ4n) is 0.307. The third-order valence-electron chi connectivity index (χ3n) is 0.742. The lowest BCUT2D eigenvalue weighted by Crippen LogP contribution is -2.24. The highest BCUT2D eigenvalue weighted by atomic mass is 35.5. The molecule has 0 bridgehead atoms. The summed E-state index contributed by atoms with van der Waals surface area (Å²) in [5.41, 5.74) is 7.16. The minimum atomic E-state index is -1.59. The van der Waals surface area contributed by atoms with Crippen molar-refractivity contribution in [3.05, 3.63) is 10.1 Å². The van der Waals surface area contributed by atoms with E-state index in [2.05, 4.69) is 22.7 Å². The van der Waals surface area contributed by atoms with Gasteiger partial charge in [0.05, 0.1) is 22.2 Å². The highest BCUT2D eigenvalue weighted by Gasteiger charge is 1.99. The zero-order valence-corrected chi connectivity index (χ0v) is 8.41. The molecule has 0 aliphatic heterocycles. The number of carbonyl (C=O) groups excluding carboxylic acids is 1. The molecule has 0 spiro atoms. The quantitative estimate of drug-likeness (QED) is 0.293. The molecule has 0 saturated heterocycles. The number of carboxylic acid groups (broad SMARTS) is 1. The highest BCUT2D eigenvalue weighted by molar-refractivity contribution is 7.80. The Morgan fingerprint density at radius 2 is 2.15 bits per heavy atom. The van der Waals surface area contributed by atoms with Crippen molar-refractivity contribution in [3.8, 4) is 0 Å². The second-order valence-corrected chi connectivity index (χ2v) is 2.91. The van der Waals surface area contributed by atoms with Gasteiger partial charge in [0.15, 0.2) is 5.11 Å². The van der Waals surface area contributed by atoms with E-state index in [-0.39, 0.29) is 10.1 Å². The van der Waals surface area contributed by atoms with Crippen molar-refractivity contribution < 1.29 is 9.90 Å². The van der Waals surface area contributed by atoms with Crippen LogP contribution in [0.1, 0.15) is 0 Å². The van der Waals surface area contributed by atoms with Gasteiger partial charge in [-0.2, -0.15) is 5.10 Å². The number of thiocarbonyl (C=S) groups is 1. The van der Waals surface area contributed by atoms with Gasteiger partial charge in [-0.3, -0.25) is 5.43 Å². The third kappa shape index (κ3) is 5.40. The van der Waals surface area contributed by atoms with Crippen LogP contribution in [0.3, 0.4) is 0 Å². The number of hydrogen-bond donors (Lipinski definition) is 2. The molecule has 0 saturated carbocycles. The zero-order valence-electron chi connectivity index (χ0n) is 6.08. The number of allylic oxidation sites excluding steroid dienone is 1. The first-order valence-electron chi connectivity index (χ1n) is 2.80. The van der Waals surface area contributed by atoms with Crippen molar-refractivity contribution in [3.63, 3.8) is 0 Å². The zero-order chi connectivity index (χ0) is 10.4. The fourth-order valence-corrected chi connectivity index (χ4v) is 0.534. The van der Waals surface area contributed by atoms with Gasteiger partial charge in [0, 0.05) is 0 Å².